The van der Waals surface area contributed by atoms with Crippen LogP contribution in [0.4, 0.5) is 0 Å². The van der Waals surface area contributed by atoms with E-state index in [1.165, 1.54) is 0 Å². The maximum Gasteiger partial charge on any atom is 0.248 e. The van der Waals surface area contributed by atoms with Crippen LogP contribution in [-0.2, 0) is 18.4 Å². The van der Waals surface area contributed by atoms with Crippen molar-refractivity contribution in [1.82, 2.24) is 20.1 Å². The molecule has 6 heteroatoms. The summed E-state index contributed by atoms with van der Waals surface area (Å²) in [5, 5.41) is 4.03. The van der Waals surface area contributed by atoms with Gasteiger partial charge in [0, 0.05) is 25.4 Å². The highest BCUT2D eigenvalue weighted by Gasteiger charge is 2.06. The molecule has 1 aromatic heterocycles. The van der Waals surface area contributed by atoms with Gasteiger partial charge in [-0.3, -0.25) is 19.8 Å². The molecule has 0 aliphatic rings. The van der Waals surface area contributed by atoms with Crippen molar-refractivity contribution < 1.29 is 4.79 Å². The highest BCUT2D eigenvalue weighted by Crippen LogP contribution is 2.00. The molecule has 0 aliphatic heterocycles. The van der Waals surface area contributed by atoms with Crippen LogP contribution in [0.3, 0.4) is 0 Å². The van der Waals surface area contributed by atoms with Crippen molar-refractivity contribution in [2.45, 2.75) is 6.54 Å². The molecule has 0 unspecified atom stereocenters. The molecule has 6 nitrogen and oxygen atoms in total. The maximum absolute atomic E-state index is 10.9. The Hall–Kier alpha value is -1.40. The second-order valence-electron chi connectivity index (χ2n) is 3.26. The number of nitrogens with zero attached hydrogens (tertiary/aromatic N) is 3. The molecule has 0 fully saturated rings. The number of likely N-dealkylation sites (N-methyl/N-ethyl adjacent to an activating group) is 1. The van der Waals surface area contributed by atoms with Crippen LogP contribution in [-0.4, -0.2) is 34.2 Å². The second-order valence-corrected chi connectivity index (χ2v) is 3.26. The van der Waals surface area contributed by atoms with E-state index >= 15 is 0 Å². The molecule has 0 saturated carbocycles. The number of nitrogens with one attached hydrogen (secondary N) is 1. The zero-order valence-electron chi connectivity index (χ0n) is 8.40. The van der Waals surface area contributed by atoms with Gasteiger partial charge in [0.2, 0.25) is 5.91 Å². The molecule has 1 rings (SSSR count). The molecule has 0 atom stereocenters. The molecule has 0 saturated heterocycles. The largest absolute Gasteiger partial charge is 0.293 e. The Labute approximate surface area is 82.6 Å². The lowest BCUT2D eigenvalue weighted by molar-refractivity contribution is -0.122. The highest BCUT2D eigenvalue weighted by molar-refractivity contribution is 5.77. The molecule has 0 bridgehead atoms. The van der Waals surface area contributed by atoms with E-state index in [0.29, 0.717) is 6.54 Å². The molecule has 1 amide bonds. The van der Waals surface area contributed by atoms with Crippen LogP contribution in [0.2, 0.25) is 0 Å². The molecule has 1 aromatic rings. The summed E-state index contributed by atoms with van der Waals surface area (Å²) in [6, 6.07) is 0. The summed E-state index contributed by atoms with van der Waals surface area (Å²) in [4.78, 5) is 12.8. The van der Waals surface area contributed by atoms with Crippen molar-refractivity contribution in [3.8, 4) is 0 Å². The summed E-state index contributed by atoms with van der Waals surface area (Å²) in [5.74, 6) is 4.78. The Morgan fingerprint density at radius 3 is 3.00 bits per heavy atom. The molecule has 78 valence electrons. The number of aryl methyl sites for hydroxylation is 1. The van der Waals surface area contributed by atoms with Crippen molar-refractivity contribution in [2.24, 2.45) is 12.9 Å². The third kappa shape index (κ3) is 3.15. The maximum atomic E-state index is 10.9. The van der Waals surface area contributed by atoms with Crippen LogP contribution in [0, 0.1) is 0 Å². The van der Waals surface area contributed by atoms with Crippen LogP contribution in [0.15, 0.2) is 12.4 Å². The van der Waals surface area contributed by atoms with Gasteiger partial charge in [-0.05, 0) is 7.05 Å². The summed E-state index contributed by atoms with van der Waals surface area (Å²) in [5.41, 5.74) is 3.15. The lowest BCUT2D eigenvalue weighted by atomic mass is 10.3. The van der Waals surface area contributed by atoms with Gasteiger partial charge in [0.15, 0.2) is 0 Å². The first-order valence-corrected chi connectivity index (χ1v) is 4.27. The summed E-state index contributed by atoms with van der Waals surface area (Å²) in [7, 11) is 3.71. The first-order chi connectivity index (χ1) is 6.61. The summed E-state index contributed by atoms with van der Waals surface area (Å²) < 4.78 is 1.73. The van der Waals surface area contributed by atoms with Crippen LogP contribution >= 0.6 is 0 Å². The van der Waals surface area contributed by atoms with Gasteiger partial charge in [-0.2, -0.15) is 5.10 Å². The van der Waals surface area contributed by atoms with Crippen molar-refractivity contribution in [1.29, 1.82) is 0 Å². The molecule has 0 aliphatic carbocycles. The smallest absolute Gasteiger partial charge is 0.248 e. The molecule has 0 aromatic carbocycles. The lowest BCUT2D eigenvalue weighted by Crippen LogP contribution is -2.38. The van der Waals surface area contributed by atoms with Crippen LogP contribution in [0.25, 0.3) is 0 Å². The Bertz CT molecular complexity index is 308. The second kappa shape index (κ2) is 4.73. The topological polar surface area (TPSA) is 76.2 Å². The number of carbonyl (C=O) groups is 1. The molecule has 14 heavy (non-hydrogen) atoms. The van der Waals surface area contributed by atoms with E-state index in [1.807, 2.05) is 25.2 Å². The lowest BCUT2D eigenvalue weighted by Gasteiger charge is -2.13. The fourth-order valence-corrected chi connectivity index (χ4v) is 1.21. The Balaban J connectivity index is 2.41. The molecule has 0 spiro atoms. The average Bonchev–Trinajstić information content (AvgIpc) is 2.50. The molecule has 1 heterocycles. The molecule has 3 N–H and O–H groups in total. The predicted molar refractivity (Wildman–Crippen MR) is 51.9 cm³/mol. The number of aromatic nitrogens is 2. The fourth-order valence-electron chi connectivity index (χ4n) is 1.21. The van der Waals surface area contributed by atoms with Crippen LogP contribution in [0.1, 0.15) is 5.56 Å². The van der Waals surface area contributed by atoms with E-state index < -0.39 is 0 Å². The van der Waals surface area contributed by atoms with Crippen molar-refractivity contribution >= 4 is 5.91 Å². The van der Waals surface area contributed by atoms with Crippen LogP contribution in [0.5, 0.6) is 0 Å². The quantitative estimate of drug-likeness (QED) is 0.363. The number of nitrogens with two attached hydrogens (primary N) is 1. The minimum Gasteiger partial charge on any atom is -0.293 e. The number of hydrazine groups is 1. The van der Waals surface area contributed by atoms with Gasteiger partial charge in [0.1, 0.15) is 0 Å². The van der Waals surface area contributed by atoms with E-state index in [4.69, 9.17) is 5.84 Å². The van der Waals surface area contributed by atoms with Crippen molar-refractivity contribution in [3.05, 3.63) is 18.0 Å². The Morgan fingerprint density at radius 2 is 2.50 bits per heavy atom. The first-order valence-electron chi connectivity index (χ1n) is 4.27. The van der Waals surface area contributed by atoms with Gasteiger partial charge in [-0.1, -0.05) is 0 Å². The number of hydrogen-bond acceptors (Lipinski definition) is 4. The average molecular weight is 197 g/mol. The zero-order chi connectivity index (χ0) is 10.6. The monoisotopic (exact) mass is 197 g/mol. The van der Waals surface area contributed by atoms with Crippen LogP contribution < -0.4 is 11.3 Å². The Kier molecular flexibility index (Phi) is 3.61. The highest BCUT2D eigenvalue weighted by atomic mass is 16.2. The SMILES string of the molecule is CN(CC(=O)NN)Cc1cnn(C)c1. The number of amides is 1. The summed E-state index contributed by atoms with van der Waals surface area (Å²) in [6.45, 7) is 0.965. The van der Waals surface area contributed by atoms with Gasteiger partial charge in [0.25, 0.3) is 0 Å². The normalized spacial score (nSPS) is 10.6. The third-order valence-electron chi connectivity index (χ3n) is 1.79. The Morgan fingerprint density at radius 1 is 1.79 bits per heavy atom. The standard InChI is InChI=1S/C8H15N5O/c1-12(6-8(14)11-9)4-7-3-10-13(2)5-7/h3,5H,4,6,9H2,1-2H3,(H,11,14). The molecular weight excluding hydrogens is 182 g/mol. The van der Waals surface area contributed by atoms with Gasteiger partial charge >= 0.3 is 0 Å². The van der Waals surface area contributed by atoms with Gasteiger partial charge in [0.05, 0.1) is 12.7 Å². The van der Waals surface area contributed by atoms with E-state index in [1.54, 1.807) is 10.9 Å². The predicted octanol–water partition coefficient (Wildman–Crippen LogP) is -1.16. The van der Waals surface area contributed by atoms with Gasteiger partial charge in [-0.15, -0.1) is 0 Å². The molecular formula is C8H15N5O. The van der Waals surface area contributed by atoms with E-state index in [-0.39, 0.29) is 12.5 Å². The fraction of sp³-hybridized carbons (Fsp3) is 0.500. The number of hydrogen-bond donors (Lipinski definition) is 2. The van der Waals surface area contributed by atoms with Crippen molar-refractivity contribution in [3.63, 3.8) is 0 Å². The summed E-state index contributed by atoms with van der Waals surface area (Å²) in [6.07, 6.45) is 3.69. The number of carbonyl (C=O) groups excluding carboxylic acids is 1. The summed E-state index contributed by atoms with van der Waals surface area (Å²) >= 11 is 0. The van der Waals surface area contributed by atoms with Gasteiger partial charge in [-0.25, -0.2) is 5.84 Å². The van der Waals surface area contributed by atoms with E-state index in [0.717, 1.165) is 5.56 Å². The third-order valence-corrected chi connectivity index (χ3v) is 1.79. The van der Waals surface area contributed by atoms with Gasteiger partial charge < -0.3 is 0 Å². The first kappa shape index (κ1) is 10.7. The van der Waals surface area contributed by atoms with E-state index in [9.17, 15) is 4.79 Å². The zero-order valence-corrected chi connectivity index (χ0v) is 8.40. The van der Waals surface area contributed by atoms with E-state index in [2.05, 4.69) is 10.5 Å². The minimum absolute atomic E-state index is 0.198. The minimum atomic E-state index is -0.198. The number of rotatable bonds is 4. The van der Waals surface area contributed by atoms with Crippen molar-refractivity contribution in [2.75, 3.05) is 13.6 Å². The molecule has 0 radical (unpaired) electrons.